The number of likely N-dealkylation sites (N-methyl/N-ethyl adjacent to an activating group) is 1. The molecular weight excluding hydrogens is 202 g/mol. The number of carbonyl (C=O) groups excluding carboxylic acids is 1. The van der Waals surface area contributed by atoms with E-state index in [1.54, 1.807) is 18.0 Å². The summed E-state index contributed by atoms with van der Waals surface area (Å²) in [4.78, 5) is 16.1. The molecule has 0 saturated carbocycles. The summed E-state index contributed by atoms with van der Waals surface area (Å²) in [5, 5.41) is 0. The fourth-order valence-corrected chi connectivity index (χ4v) is 2.94. The third-order valence-electron chi connectivity index (χ3n) is 3.88. The number of nitrogens with zero attached hydrogens (tertiary/aromatic N) is 2. The van der Waals surface area contributed by atoms with Crippen LogP contribution in [0.15, 0.2) is 24.2 Å². The first-order chi connectivity index (χ1) is 7.58. The molecule has 0 aromatic carbocycles. The lowest BCUT2D eigenvalue weighted by Crippen LogP contribution is -2.60. The summed E-state index contributed by atoms with van der Waals surface area (Å²) < 4.78 is 0. The second-order valence-corrected chi connectivity index (χ2v) is 4.48. The van der Waals surface area contributed by atoms with Gasteiger partial charge in [0.1, 0.15) is 11.4 Å². The van der Waals surface area contributed by atoms with E-state index in [1.807, 2.05) is 0 Å². The van der Waals surface area contributed by atoms with Crippen LogP contribution in [0.3, 0.4) is 0 Å². The van der Waals surface area contributed by atoms with Gasteiger partial charge in [0.15, 0.2) is 0 Å². The number of allylic oxidation sites excluding steroid dienone is 1. The number of nitrogens with two attached hydrogens (primary N) is 1. The van der Waals surface area contributed by atoms with Gasteiger partial charge in [0.25, 0.3) is 5.91 Å². The van der Waals surface area contributed by atoms with Crippen LogP contribution in [0.1, 0.15) is 26.2 Å². The van der Waals surface area contributed by atoms with Crippen LogP contribution in [0.5, 0.6) is 0 Å². The van der Waals surface area contributed by atoms with Crippen LogP contribution < -0.4 is 5.73 Å². The van der Waals surface area contributed by atoms with Crippen LogP contribution in [0.4, 0.5) is 0 Å². The Hall–Kier alpha value is -1.45. The Morgan fingerprint density at radius 3 is 2.88 bits per heavy atom. The van der Waals surface area contributed by atoms with E-state index in [0.29, 0.717) is 5.82 Å². The smallest absolute Gasteiger partial charge is 0.252 e. The third-order valence-corrected chi connectivity index (χ3v) is 3.88. The van der Waals surface area contributed by atoms with Crippen LogP contribution in [0.25, 0.3) is 0 Å². The highest BCUT2D eigenvalue weighted by atomic mass is 16.2. The highest BCUT2D eigenvalue weighted by molar-refractivity contribution is 5.90. The summed E-state index contributed by atoms with van der Waals surface area (Å²) in [5.74, 6) is 0.841. The lowest BCUT2D eigenvalue weighted by atomic mass is 9.89. The molecule has 1 amide bonds. The Morgan fingerprint density at radius 2 is 2.31 bits per heavy atom. The maximum absolute atomic E-state index is 12.4. The molecule has 4 heteroatoms. The Bertz CT molecular complexity index is 374. The fraction of sp³-hybridized carbons (Fsp3) is 0.583. The van der Waals surface area contributed by atoms with Crippen molar-refractivity contribution in [2.45, 2.75) is 31.7 Å². The Labute approximate surface area is 96.4 Å². The average Bonchev–Trinajstić information content (AvgIpc) is 2.72. The summed E-state index contributed by atoms with van der Waals surface area (Å²) in [6.07, 6.45) is 4.39. The van der Waals surface area contributed by atoms with Crippen molar-refractivity contribution in [2.24, 2.45) is 5.73 Å². The Morgan fingerprint density at radius 1 is 1.62 bits per heavy atom. The molecule has 0 radical (unpaired) electrons. The molecule has 0 aliphatic carbocycles. The summed E-state index contributed by atoms with van der Waals surface area (Å²) >= 11 is 0. The van der Waals surface area contributed by atoms with E-state index in [4.69, 9.17) is 5.73 Å². The summed E-state index contributed by atoms with van der Waals surface area (Å²) in [6, 6.07) is 0. The van der Waals surface area contributed by atoms with Gasteiger partial charge < -0.3 is 15.5 Å². The molecule has 2 aliphatic rings. The molecule has 4 nitrogen and oxygen atoms in total. The number of fused-ring (bicyclic) bond motifs is 1. The van der Waals surface area contributed by atoms with Gasteiger partial charge in [-0.05, 0) is 25.3 Å². The second kappa shape index (κ2) is 3.54. The van der Waals surface area contributed by atoms with Gasteiger partial charge >= 0.3 is 0 Å². The molecule has 2 N–H and O–H groups in total. The Kier molecular flexibility index (Phi) is 2.45. The molecule has 2 heterocycles. The monoisotopic (exact) mass is 221 g/mol. The predicted octanol–water partition coefficient (Wildman–Crippen LogP) is 1.02. The zero-order valence-electron chi connectivity index (χ0n) is 9.99. The first-order valence-corrected chi connectivity index (χ1v) is 5.76. The third kappa shape index (κ3) is 1.13. The van der Waals surface area contributed by atoms with Gasteiger partial charge in [0.05, 0.1) is 5.70 Å². The molecule has 0 aromatic rings. The molecule has 88 valence electrons. The van der Waals surface area contributed by atoms with Crippen molar-refractivity contribution in [1.29, 1.82) is 0 Å². The van der Waals surface area contributed by atoms with Crippen molar-refractivity contribution in [3.63, 3.8) is 0 Å². The molecule has 0 unspecified atom stereocenters. The van der Waals surface area contributed by atoms with Gasteiger partial charge in [0.2, 0.25) is 0 Å². The Balaban J connectivity index is 2.55. The normalized spacial score (nSPS) is 29.8. The first kappa shape index (κ1) is 11.0. The molecule has 2 rings (SSSR count). The zero-order valence-corrected chi connectivity index (χ0v) is 9.99. The number of amides is 1. The van der Waals surface area contributed by atoms with E-state index in [2.05, 4.69) is 18.4 Å². The lowest BCUT2D eigenvalue weighted by molar-refractivity contribution is -0.141. The van der Waals surface area contributed by atoms with Crippen molar-refractivity contribution in [3.8, 4) is 0 Å². The van der Waals surface area contributed by atoms with Crippen molar-refractivity contribution in [2.75, 3.05) is 13.6 Å². The molecule has 0 bridgehead atoms. The van der Waals surface area contributed by atoms with Gasteiger partial charge in [-0.3, -0.25) is 4.79 Å². The largest absolute Gasteiger partial charge is 0.384 e. The van der Waals surface area contributed by atoms with E-state index < -0.39 is 5.54 Å². The minimum Gasteiger partial charge on any atom is -0.384 e. The van der Waals surface area contributed by atoms with Crippen molar-refractivity contribution in [1.82, 2.24) is 9.80 Å². The summed E-state index contributed by atoms with van der Waals surface area (Å²) in [6.45, 7) is 6.65. The summed E-state index contributed by atoms with van der Waals surface area (Å²) in [5.41, 5.74) is 6.46. The van der Waals surface area contributed by atoms with Crippen LogP contribution in [-0.2, 0) is 4.79 Å². The standard InChI is InChI=1S/C12H19N3O/c1-4-9-10(13)15-8-6-7-12(15,5-2)11(16)14(9)3/h4H,1,5-8,13H2,2-3H3/t12-/m0/s1. The van der Waals surface area contributed by atoms with E-state index in [-0.39, 0.29) is 5.91 Å². The molecule has 1 fully saturated rings. The minimum absolute atomic E-state index is 0.150. The van der Waals surface area contributed by atoms with Gasteiger partial charge in [-0.15, -0.1) is 0 Å². The van der Waals surface area contributed by atoms with E-state index in [1.165, 1.54) is 0 Å². The molecule has 0 spiro atoms. The van der Waals surface area contributed by atoms with Gasteiger partial charge in [-0.1, -0.05) is 13.5 Å². The van der Waals surface area contributed by atoms with Gasteiger partial charge in [0, 0.05) is 13.6 Å². The SMILES string of the molecule is C=CC1=C(N)N2CCC[C@@]2(CC)C(=O)N1C. The zero-order chi connectivity index (χ0) is 11.9. The van der Waals surface area contributed by atoms with Crippen molar-refractivity contribution in [3.05, 3.63) is 24.2 Å². The highest BCUT2D eigenvalue weighted by Gasteiger charge is 2.51. The van der Waals surface area contributed by atoms with Crippen LogP contribution in [0, 0.1) is 0 Å². The molecular formula is C12H19N3O. The van der Waals surface area contributed by atoms with Gasteiger partial charge in [-0.2, -0.15) is 0 Å². The molecule has 1 atom stereocenters. The summed E-state index contributed by atoms with van der Waals surface area (Å²) in [7, 11) is 1.78. The number of carbonyl (C=O) groups is 1. The maximum atomic E-state index is 12.4. The van der Waals surface area contributed by atoms with Gasteiger partial charge in [-0.25, -0.2) is 0 Å². The van der Waals surface area contributed by atoms with E-state index in [0.717, 1.165) is 31.5 Å². The van der Waals surface area contributed by atoms with E-state index >= 15 is 0 Å². The topological polar surface area (TPSA) is 49.6 Å². The van der Waals surface area contributed by atoms with E-state index in [9.17, 15) is 4.79 Å². The maximum Gasteiger partial charge on any atom is 0.252 e. The fourth-order valence-electron chi connectivity index (χ4n) is 2.94. The van der Waals surface area contributed by atoms with Crippen molar-refractivity contribution < 1.29 is 4.79 Å². The first-order valence-electron chi connectivity index (χ1n) is 5.76. The number of rotatable bonds is 2. The predicted molar refractivity (Wildman–Crippen MR) is 63.1 cm³/mol. The second-order valence-electron chi connectivity index (χ2n) is 4.48. The average molecular weight is 221 g/mol. The van der Waals surface area contributed by atoms with Crippen molar-refractivity contribution >= 4 is 5.91 Å². The number of hydrogen-bond donors (Lipinski definition) is 1. The highest BCUT2D eigenvalue weighted by Crippen LogP contribution is 2.40. The molecule has 2 aliphatic heterocycles. The van der Waals surface area contributed by atoms with Crippen LogP contribution in [-0.4, -0.2) is 34.8 Å². The molecule has 0 aromatic heterocycles. The van der Waals surface area contributed by atoms with Crippen LogP contribution >= 0.6 is 0 Å². The number of hydrogen-bond acceptors (Lipinski definition) is 3. The molecule has 16 heavy (non-hydrogen) atoms. The minimum atomic E-state index is -0.397. The van der Waals surface area contributed by atoms with Crippen LogP contribution in [0.2, 0.25) is 0 Å². The quantitative estimate of drug-likeness (QED) is 0.757. The molecule has 1 saturated heterocycles. The lowest BCUT2D eigenvalue weighted by Gasteiger charge is -2.45.